The van der Waals surface area contributed by atoms with E-state index in [0.717, 1.165) is 31.7 Å². The van der Waals surface area contributed by atoms with Crippen LogP contribution in [0.3, 0.4) is 0 Å². The Kier molecular flexibility index (Phi) is 8.09. The van der Waals surface area contributed by atoms with Crippen LogP contribution in [0, 0.1) is 0 Å². The molecule has 0 fully saturated rings. The molecule has 0 atom stereocenters. The van der Waals surface area contributed by atoms with E-state index in [0.29, 0.717) is 24.0 Å². The first kappa shape index (κ1) is 19.1. The summed E-state index contributed by atoms with van der Waals surface area (Å²) in [6, 6.07) is 13.8. The van der Waals surface area contributed by atoms with Crippen molar-refractivity contribution in [2.45, 2.75) is 12.8 Å². The number of carboxylic acids is 1. The van der Waals surface area contributed by atoms with Gasteiger partial charge in [-0.25, -0.2) is 4.79 Å². The molecule has 0 unspecified atom stereocenters. The van der Waals surface area contributed by atoms with E-state index in [4.69, 9.17) is 26.2 Å². The van der Waals surface area contributed by atoms with Crippen molar-refractivity contribution >= 4 is 17.6 Å². The highest BCUT2D eigenvalue weighted by Gasteiger charge is 2.03. The Labute approximate surface area is 152 Å². The van der Waals surface area contributed by atoms with E-state index in [1.165, 1.54) is 6.07 Å². The Bertz CT molecular complexity index is 661. The number of rotatable bonds is 11. The van der Waals surface area contributed by atoms with Gasteiger partial charge in [-0.3, -0.25) is 0 Å². The van der Waals surface area contributed by atoms with Gasteiger partial charge in [0.1, 0.15) is 18.1 Å². The van der Waals surface area contributed by atoms with Gasteiger partial charge in [0.15, 0.2) is 0 Å². The number of aromatic carboxylic acids is 1. The van der Waals surface area contributed by atoms with Crippen molar-refractivity contribution < 1.29 is 19.4 Å². The highest BCUT2D eigenvalue weighted by atomic mass is 35.5. The number of benzene rings is 2. The summed E-state index contributed by atoms with van der Waals surface area (Å²) in [5.41, 5.74) is 0.236. The molecule has 0 saturated carbocycles. The molecule has 0 aliphatic heterocycles. The fourth-order valence-electron chi connectivity index (χ4n) is 2.16. The van der Waals surface area contributed by atoms with E-state index in [1.807, 2.05) is 12.1 Å². The molecule has 0 aromatic heterocycles. The van der Waals surface area contributed by atoms with E-state index in [2.05, 4.69) is 5.32 Å². The Balaban J connectivity index is 1.49. The molecule has 0 spiro atoms. The van der Waals surface area contributed by atoms with Crippen LogP contribution in [0.1, 0.15) is 23.2 Å². The lowest BCUT2D eigenvalue weighted by Crippen LogP contribution is -2.22. The van der Waals surface area contributed by atoms with E-state index in [-0.39, 0.29) is 5.56 Å². The number of nitrogens with one attached hydrogen (secondary N) is 1. The van der Waals surface area contributed by atoms with E-state index < -0.39 is 5.97 Å². The summed E-state index contributed by atoms with van der Waals surface area (Å²) in [6.07, 6.45) is 1.86. The van der Waals surface area contributed by atoms with Crippen molar-refractivity contribution in [3.63, 3.8) is 0 Å². The summed E-state index contributed by atoms with van der Waals surface area (Å²) >= 11 is 5.81. The first-order chi connectivity index (χ1) is 12.1. The summed E-state index contributed by atoms with van der Waals surface area (Å²) < 4.78 is 11.1. The molecule has 0 radical (unpaired) electrons. The molecule has 0 aliphatic rings. The molecule has 5 nitrogen and oxygen atoms in total. The zero-order chi connectivity index (χ0) is 17.9. The molecule has 0 aliphatic carbocycles. The van der Waals surface area contributed by atoms with Crippen molar-refractivity contribution in [2.75, 3.05) is 26.3 Å². The maximum Gasteiger partial charge on any atom is 0.335 e. The molecule has 2 N–H and O–H groups in total. The van der Waals surface area contributed by atoms with Crippen molar-refractivity contribution in [1.82, 2.24) is 5.32 Å². The number of unbranched alkanes of at least 4 members (excludes halogenated alkanes) is 1. The van der Waals surface area contributed by atoms with Gasteiger partial charge in [-0.15, -0.1) is 0 Å². The Morgan fingerprint density at radius 1 is 0.960 bits per heavy atom. The van der Waals surface area contributed by atoms with Crippen LogP contribution in [0.4, 0.5) is 0 Å². The first-order valence-electron chi connectivity index (χ1n) is 8.20. The van der Waals surface area contributed by atoms with Crippen molar-refractivity contribution in [3.05, 3.63) is 59.1 Å². The number of halogens is 1. The maximum absolute atomic E-state index is 10.9. The summed E-state index contributed by atoms with van der Waals surface area (Å²) in [4.78, 5) is 10.9. The van der Waals surface area contributed by atoms with Crippen LogP contribution in [0.5, 0.6) is 11.5 Å². The van der Waals surface area contributed by atoms with Gasteiger partial charge in [0.2, 0.25) is 0 Å². The largest absolute Gasteiger partial charge is 0.494 e. The van der Waals surface area contributed by atoms with Gasteiger partial charge in [0.05, 0.1) is 12.2 Å². The van der Waals surface area contributed by atoms with Crippen molar-refractivity contribution in [3.8, 4) is 11.5 Å². The second kappa shape index (κ2) is 10.6. The van der Waals surface area contributed by atoms with Crippen LogP contribution in [-0.2, 0) is 0 Å². The van der Waals surface area contributed by atoms with Crippen LogP contribution in [0.25, 0.3) is 0 Å². The lowest BCUT2D eigenvalue weighted by Gasteiger charge is -2.09. The zero-order valence-corrected chi connectivity index (χ0v) is 14.7. The molecule has 0 heterocycles. The molecule has 25 heavy (non-hydrogen) atoms. The van der Waals surface area contributed by atoms with Gasteiger partial charge in [-0.2, -0.15) is 0 Å². The summed E-state index contributed by atoms with van der Waals surface area (Å²) in [5, 5.41) is 12.9. The van der Waals surface area contributed by atoms with Crippen LogP contribution in [0.15, 0.2) is 48.5 Å². The SMILES string of the molecule is O=C(O)c1cccc(OCCCCNCCOc2ccc(Cl)cc2)c1. The molecular weight excluding hydrogens is 342 g/mol. The standard InChI is InChI=1S/C19H22ClNO4/c20-16-6-8-17(9-7-16)25-13-11-21-10-1-2-12-24-18-5-3-4-15(14-18)19(22)23/h3-9,14,21H,1-2,10-13H2,(H,22,23). The highest BCUT2D eigenvalue weighted by Crippen LogP contribution is 2.15. The minimum absolute atomic E-state index is 0.236. The van der Waals surface area contributed by atoms with Crippen LogP contribution < -0.4 is 14.8 Å². The van der Waals surface area contributed by atoms with E-state index >= 15 is 0 Å². The lowest BCUT2D eigenvalue weighted by molar-refractivity contribution is 0.0696. The highest BCUT2D eigenvalue weighted by molar-refractivity contribution is 6.30. The fraction of sp³-hybridized carbons (Fsp3) is 0.316. The number of carboxylic acid groups (broad SMARTS) is 1. The normalized spacial score (nSPS) is 10.4. The number of carbonyl (C=O) groups is 1. The van der Waals surface area contributed by atoms with Crippen molar-refractivity contribution in [1.29, 1.82) is 0 Å². The summed E-state index contributed by atoms with van der Waals surface area (Å²) in [6.45, 7) is 2.80. The minimum atomic E-state index is -0.949. The summed E-state index contributed by atoms with van der Waals surface area (Å²) in [7, 11) is 0. The van der Waals surface area contributed by atoms with Gasteiger partial charge in [-0.1, -0.05) is 17.7 Å². The molecule has 0 amide bonds. The average molecular weight is 364 g/mol. The summed E-state index contributed by atoms with van der Waals surface area (Å²) in [5.74, 6) is 0.447. The third kappa shape index (κ3) is 7.45. The predicted molar refractivity (Wildman–Crippen MR) is 97.9 cm³/mol. The topological polar surface area (TPSA) is 67.8 Å². The Hall–Kier alpha value is -2.24. The average Bonchev–Trinajstić information content (AvgIpc) is 2.62. The number of hydrogen-bond acceptors (Lipinski definition) is 4. The van der Waals surface area contributed by atoms with Crippen LogP contribution >= 0.6 is 11.6 Å². The third-order valence-electron chi connectivity index (χ3n) is 3.46. The number of hydrogen-bond donors (Lipinski definition) is 2. The van der Waals surface area contributed by atoms with E-state index in [1.54, 1.807) is 30.3 Å². The molecular formula is C19H22ClNO4. The van der Waals surface area contributed by atoms with Gasteiger partial charge < -0.3 is 19.9 Å². The molecule has 134 valence electrons. The second-order valence-electron chi connectivity index (χ2n) is 5.44. The van der Waals surface area contributed by atoms with Crippen LogP contribution in [-0.4, -0.2) is 37.4 Å². The lowest BCUT2D eigenvalue weighted by atomic mass is 10.2. The molecule has 2 rings (SSSR count). The monoisotopic (exact) mass is 363 g/mol. The second-order valence-corrected chi connectivity index (χ2v) is 5.88. The van der Waals surface area contributed by atoms with Gasteiger partial charge in [0.25, 0.3) is 0 Å². The number of ether oxygens (including phenoxy) is 2. The van der Waals surface area contributed by atoms with Gasteiger partial charge >= 0.3 is 5.97 Å². The van der Waals surface area contributed by atoms with Gasteiger partial charge in [-0.05, 0) is 61.9 Å². The smallest absolute Gasteiger partial charge is 0.335 e. The zero-order valence-electron chi connectivity index (χ0n) is 13.9. The Morgan fingerprint density at radius 3 is 2.48 bits per heavy atom. The van der Waals surface area contributed by atoms with Crippen molar-refractivity contribution in [2.24, 2.45) is 0 Å². The third-order valence-corrected chi connectivity index (χ3v) is 3.71. The fourth-order valence-corrected chi connectivity index (χ4v) is 2.28. The molecule has 6 heteroatoms. The predicted octanol–water partition coefficient (Wildman–Crippen LogP) is 3.87. The molecule has 2 aromatic rings. The molecule has 0 saturated heterocycles. The first-order valence-corrected chi connectivity index (χ1v) is 8.58. The van der Waals surface area contributed by atoms with Crippen LogP contribution in [0.2, 0.25) is 5.02 Å². The molecule has 0 bridgehead atoms. The minimum Gasteiger partial charge on any atom is -0.494 e. The quantitative estimate of drug-likeness (QED) is 0.593. The Morgan fingerprint density at radius 2 is 1.72 bits per heavy atom. The molecule has 2 aromatic carbocycles. The van der Waals surface area contributed by atoms with E-state index in [9.17, 15) is 4.79 Å². The van der Waals surface area contributed by atoms with Gasteiger partial charge in [0, 0.05) is 11.6 Å². The maximum atomic E-state index is 10.9.